The lowest BCUT2D eigenvalue weighted by molar-refractivity contribution is -0.137. The van der Waals surface area contributed by atoms with Crippen LogP contribution in [0.15, 0.2) is 0 Å². The Morgan fingerprint density at radius 1 is 1.35 bits per heavy atom. The zero-order chi connectivity index (χ0) is 12.5. The van der Waals surface area contributed by atoms with Gasteiger partial charge in [-0.1, -0.05) is 0 Å². The number of rotatable bonds is 5. The van der Waals surface area contributed by atoms with Crippen molar-refractivity contribution in [3.63, 3.8) is 0 Å². The Morgan fingerprint density at radius 2 is 2.06 bits per heavy atom. The molecule has 2 aliphatic rings. The van der Waals surface area contributed by atoms with E-state index in [2.05, 4.69) is 18.7 Å². The summed E-state index contributed by atoms with van der Waals surface area (Å²) in [6.07, 6.45) is 4.78. The average Bonchev–Trinajstić information content (AvgIpc) is 3.00. The van der Waals surface area contributed by atoms with Crippen molar-refractivity contribution in [3.8, 4) is 0 Å². The predicted octanol–water partition coefficient (Wildman–Crippen LogP) is 1.88. The van der Waals surface area contributed by atoms with Crippen LogP contribution in [-0.4, -0.2) is 46.8 Å². The molecule has 1 aliphatic carbocycles. The van der Waals surface area contributed by atoms with E-state index in [1.807, 2.05) is 0 Å². The molecule has 1 N–H and O–H groups in total. The van der Waals surface area contributed by atoms with Crippen LogP contribution < -0.4 is 0 Å². The van der Waals surface area contributed by atoms with Crippen LogP contribution in [-0.2, 0) is 9.53 Å². The van der Waals surface area contributed by atoms with Crippen LogP contribution in [0.5, 0.6) is 0 Å². The molecule has 2 rings (SSSR count). The number of hydrogen-bond acceptors (Lipinski definition) is 3. The van der Waals surface area contributed by atoms with Gasteiger partial charge in [0, 0.05) is 25.2 Å². The number of nitrogens with zero attached hydrogens (tertiary/aromatic N) is 1. The molecular formula is C13H23NO3. The lowest BCUT2D eigenvalue weighted by Crippen LogP contribution is -2.47. The third-order valence-electron chi connectivity index (χ3n) is 3.74. The third-order valence-corrected chi connectivity index (χ3v) is 3.74. The summed E-state index contributed by atoms with van der Waals surface area (Å²) in [6, 6.07) is 1.14. The highest BCUT2D eigenvalue weighted by Gasteiger charge is 2.38. The molecule has 1 atom stereocenters. The molecule has 17 heavy (non-hydrogen) atoms. The number of hydrogen-bond donors (Lipinski definition) is 1. The summed E-state index contributed by atoms with van der Waals surface area (Å²) < 4.78 is 5.73. The summed E-state index contributed by atoms with van der Waals surface area (Å²) >= 11 is 0. The lowest BCUT2D eigenvalue weighted by Gasteiger charge is -2.41. The maximum atomic E-state index is 10.7. The highest BCUT2D eigenvalue weighted by atomic mass is 16.5. The van der Waals surface area contributed by atoms with Crippen LogP contribution in [0.3, 0.4) is 0 Å². The van der Waals surface area contributed by atoms with Crippen LogP contribution in [0.1, 0.15) is 46.0 Å². The molecule has 0 aromatic rings. The Hall–Kier alpha value is -0.610. The fourth-order valence-electron chi connectivity index (χ4n) is 2.78. The van der Waals surface area contributed by atoms with Crippen LogP contribution in [0, 0.1) is 0 Å². The first-order chi connectivity index (χ1) is 7.98. The number of ether oxygens (including phenoxy) is 1. The van der Waals surface area contributed by atoms with E-state index in [0.29, 0.717) is 18.6 Å². The number of aliphatic carboxylic acids is 1. The summed E-state index contributed by atoms with van der Waals surface area (Å²) in [7, 11) is 0. The topological polar surface area (TPSA) is 49.8 Å². The van der Waals surface area contributed by atoms with Crippen molar-refractivity contribution in [2.75, 3.05) is 13.2 Å². The molecular weight excluding hydrogens is 218 g/mol. The molecule has 0 spiro atoms. The summed E-state index contributed by atoms with van der Waals surface area (Å²) in [6.45, 7) is 5.75. The van der Waals surface area contributed by atoms with E-state index in [4.69, 9.17) is 9.84 Å². The van der Waals surface area contributed by atoms with Crippen molar-refractivity contribution in [1.82, 2.24) is 4.90 Å². The van der Waals surface area contributed by atoms with Crippen molar-refractivity contribution in [3.05, 3.63) is 0 Å². The number of carbonyl (C=O) groups is 1. The van der Waals surface area contributed by atoms with Crippen molar-refractivity contribution < 1.29 is 14.6 Å². The Morgan fingerprint density at radius 3 is 2.59 bits per heavy atom. The van der Waals surface area contributed by atoms with Gasteiger partial charge in [0.15, 0.2) is 0 Å². The highest BCUT2D eigenvalue weighted by molar-refractivity contribution is 5.66. The predicted molar refractivity (Wildman–Crippen MR) is 65.0 cm³/mol. The molecule has 1 saturated heterocycles. The highest BCUT2D eigenvalue weighted by Crippen LogP contribution is 2.35. The SMILES string of the molecule is CC1(C)CC(N(CCC(=O)O)C2CC2)CCO1. The Bertz CT molecular complexity index is 286. The van der Waals surface area contributed by atoms with E-state index < -0.39 is 5.97 Å². The second-order valence-corrected chi connectivity index (χ2v) is 5.87. The first kappa shape index (κ1) is 12.8. The van der Waals surface area contributed by atoms with E-state index in [1.165, 1.54) is 12.8 Å². The van der Waals surface area contributed by atoms with Gasteiger partial charge in [-0.15, -0.1) is 0 Å². The van der Waals surface area contributed by atoms with E-state index in [-0.39, 0.29) is 12.0 Å². The first-order valence-corrected chi connectivity index (χ1v) is 6.59. The Labute approximate surface area is 103 Å². The standard InChI is InChI=1S/C13H23NO3/c1-13(2)9-11(6-8-17-13)14(10-3-4-10)7-5-12(15)16/h10-11H,3-9H2,1-2H3,(H,15,16). The second kappa shape index (κ2) is 4.94. The second-order valence-electron chi connectivity index (χ2n) is 5.87. The minimum Gasteiger partial charge on any atom is -0.481 e. The molecule has 2 fully saturated rings. The van der Waals surface area contributed by atoms with Crippen molar-refractivity contribution in [2.24, 2.45) is 0 Å². The van der Waals surface area contributed by atoms with Gasteiger partial charge in [0.1, 0.15) is 0 Å². The molecule has 0 aromatic heterocycles. The molecule has 0 radical (unpaired) electrons. The summed E-state index contributed by atoms with van der Waals surface area (Å²) in [4.78, 5) is 13.1. The monoisotopic (exact) mass is 241 g/mol. The smallest absolute Gasteiger partial charge is 0.304 e. The Kier molecular flexibility index (Phi) is 3.73. The molecule has 1 unspecified atom stereocenters. The van der Waals surface area contributed by atoms with Crippen molar-refractivity contribution in [1.29, 1.82) is 0 Å². The summed E-state index contributed by atoms with van der Waals surface area (Å²) in [5.74, 6) is -0.693. The molecule has 1 aliphatic heterocycles. The van der Waals surface area contributed by atoms with Crippen molar-refractivity contribution in [2.45, 2.75) is 63.6 Å². The zero-order valence-electron chi connectivity index (χ0n) is 10.8. The fraction of sp³-hybridized carbons (Fsp3) is 0.923. The zero-order valence-corrected chi connectivity index (χ0v) is 10.8. The molecule has 0 amide bonds. The normalized spacial score (nSPS) is 28.3. The van der Waals surface area contributed by atoms with E-state index in [0.717, 1.165) is 19.4 Å². The van der Waals surface area contributed by atoms with Crippen LogP contribution >= 0.6 is 0 Å². The molecule has 0 bridgehead atoms. The van der Waals surface area contributed by atoms with Crippen molar-refractivity contribution >= 4 is 5.97 Å². The van der Waals surface area contributed by atoms with E-state index in [9.17, 15) is 4.79 Å². The van der Waals surface area contributed by atoms with Gasteiger partial charge in [0.05, 0.1) is 12.0 Å². The van der Waals surface area contributed by atoms with E-state index in [1.54, 1.807) is 0 Å². The maximum Gasteiger partial charge on any atom is 0.304 e. The van der Waals surface area contributed by atoms with E-state index >= 15 is 0 Å². The summed E-state index contributed by atoms with van der Waals surface area (Å²) in [5, 5.41) is 8.81. The van der Waals surface area contributed by atoms with Gasteiger partial charge < -0.3 is 9.84 Å². The average molecular weight is 241 g/mol. The largest absolute Gasteiger partial charge is 0.481 e. The quantitative estimate of drug-likeness (QED) is 0.798. The minimum absolute atomic E-state index is 0.0563. The van der Waals surface area contributed by atoms with Gasteiger partial charge in [-0.25, -0.2) is 0 Å². The molecule has 4 nitrogen and oxygen atoms in total. The first-order valence-electron chi connectivity index (χ1n) is 6.59. The lowest BCUT2D eigenvalue weighted by atomic mass is 9.92. The third kappa shape index (κ3) is 3.68. The van der Waals surface area contributed by atoms with Gasteiger partial charge in [0.2, 0.25) is 0 Å². The number of carboxylic acid groups (broad SMARTS) is 1. The summed E-state index contributed by atoms with van der Waals surface area (Å²) in [5.41, 5.74) is -0.0563. The van der Waals surface area contributed by atoms with Gasteiger partial charge in [0.25, 0.3) is 0 Å². The number of carboxylic acids is 1. The van der Waals surface area contributed by atoms with Crippen LogP contribution in [0.25, 0.3) is 0 Å². The molecule has 4 heteroatoms. The van der Waals surface area contributed by atoms with Crippen LogP contribution in [0.2, 0.25) is 0 Å². The van der Waals surface area contributed by atoms with Gasteiger partial charge in [-0.2, -0.15) is 0 Å². The molecule has 1 saturated carbocycles. The van der Waals surface area contributed by atoms with Gasteiger partial charge >= 0.3 is 5.97 Å². The van der Waals surface area contributed by atoms with Gasteiger partial charge in [-0.05, 0) is 39.5 Å². The fourth-order valence-corrected chi connectivity index (χ4v) is 2.78. The Balaban J connectivity index is 1.93. The molecule has 1 heterocycles. The molecule has 0 aromatic carbocycles. The minimum atomic E-state index is -0.693. The maximum absolute atomic E-state index is 10.7. The molecule has 98 valence electrons. The van der Waals surface area contributed by atoms with Crippen LogP contribution in [0.4, 0.5) is 0 Å². The van der Waals surface area contributed by atoms with Gasteiger partial charge in [-0.3, -0.25) is 9.69 Å².